The van der Waals surface area contributed by atoms with Crippen LogP contribution in [0, 0.1) is 11.7 Å². The van der Waals surface area contributed by atoms with Gasteiger partial charge >= 0.3 is 0 Å². The molecule has 1 aliphatic heterocycles. The van der Waals surface area contributed by atoms with E-state index in [-0.39, 0.29) is 23.4 Å². The first kappa shape index (κ1) is 20.1. The molecule has 2 aromatic rings. The normalized spacial score (nSPS) is 14.9. The lowest BCUT2D eigenvalue weighted by Crippen LogP contribution is -2.41. The van der Waals surface area contributed by atoms with Crippen LogP contribution in [0.1, 0.15) is 23.2 Å². The maximum absolute atomic E-state index is 13.9. The first-order chi connectivity index (χ1) is 12.8. The second kappa shape index (κ2) is 8.59. The molecule has 0 radical (unpaired) electrons. The highest BCUT2D eigenvalue weighted by atomic mass is 79.9. The molecule has 2 aromatic carbocycles. The van der Waals surface area contributed by atoms with Crippen LogP contribution in [-0.2, 0) is 4.79 Å². The van der Waals surface area contributed by atoms with E-state index in [9.17, 15) is 14.0 Å². The molecule has 1 N–H and O–H groups in total. The Kier molecular flexibility index (Phi) is 6.40. The first-order valence-corrected chi connectivity index (χ1v) is 9.90. The fourth-order valence-electron chi connectivity index (χ4n) is 3.00. The van der Waals surface area contributed by atoms with E-state index in [0.717, 1.165) is 0 Å². The van der Waals surface area contributed by atoms with Crippen molar-refractivity contribution >= 4 is 56.6 Å². The van der Waals surface area contributed by atoms with Crippen molar-refractivity contribution in [3.05, 3.63) is 62.3 Å². The molecular formula is C19H16BrCl2FN2O2. The van der Waals surface area contributed by atoms with E-state index < -0.39 is 5.82 Å². The van der Waals surface area contributed by atoms with Crippen LogP contribution in [0.15, 0.2) is 40.9 Å². The van der Waals surface area contributed by atoms with Crippen molar-refractivity contribution in [1.82, 2.24) is 4.90 Å². The number of likely N-dealkylation sites (tertiary alicyclic amines) is 1. The van der Waals surface area contributed by atoms with Gasteiger partial charge in [-0.3, -0.25) is 9.59 Å². The second-order valence-electron chi connectivity index (χ2n) is 6.30. The number of anilines is 1. The Bertz CT molecular complexity index is 886. The molecule has 0 bridgehead atoms. The van der Waals surface area contributed by atoms with Crippen molar-refractivity contribution in [2.75, 3.05) is 18.4 Å². The third kappa shape index (κ3) is 4.81. The Morgan fingerprint density at radius 1 is 1.11 bits per heavy atom. The molecule has 4 nitrogen and oxygen atoms in total. The number of nitrogens with one attached hydrogen (secondary N) is 1. The van der Waals surface area contributed by atoms with Crippen molar-refractivity contribution in [3.8, 4) is 0 Å². The first-order valence-electron chi connectivity index (χ1n) is 8.35. The van der Waals surface area contributed by atoms with Crippen molar-refractivity contribution in [2.45, 2.75) is 12.8 Å². The van der Waals surface area contributed by atoms with Crippen LogP contribution in [0.2, 0.25) is 10.0 Å². The van der Waals surface area contributed by atoms with Gasteiger partial charge in [-0.15, -0.1) is 0 Å². The lowest BCUT2D eigenvalue weighted by molar-refractivity contribution is -0.121. The lowest BCUT2D eigenvalue weighted by atomic mass is 9.95. The summed E-state index contributed by atoms with van der Waals surface area (Å²) in [7, 11) is 0. The molecule has 1 heterocycles. The van der Waals surface area contributed by atoms with Gasteiger partial charge in [-0.1, -0.05) is 39.1 Å². The minimum atomic E-state index is -0.497. The van der Waals surface area contributed by atoms with Gasteiger partial charge < -0.3 is 10.2 Å². The maximum atomic E-state index is 13.9. The zero-order valence-corrected chi connectivity index (χ0v) is 17.2. The molecule has 0 atom stereocenters. The summed E-state index contributed by atoms with van der Waals surface area (Å²) in [6.07, 6.45) is 1.00. The Morgan fingerprint density at radius 2 is 1.81 bits per heavy atom. The number of carbonyl (C=O) groups is 2. The van der Waals surface area contributed by atoms with E-state index in [2.05, 4.69) is 21.2 Å². The van der Waals surface area contributed by atoms with Crippen LogP contribution in [0.4, 0.5) is 10.1 Å². The Labute approximate surface area is 174 Å². The minimum absolute atomic E-state index is 0.148. The van der Waals surface area contributed by atoms with Crippen LogP contribution in [0.3, 0.4) is 0 Å². The number of carbonyl (C=O) groups excluding carboxylic acids is 2. The fraction of sp³-hybridized carbons (Fsp3) is 0.263. The topological polar surface area (TPSA) is 49.4 Å². The molecule has 1 saturated heterocycles. The largest absolute Gasteiger partial charge is 0.339 e. The molecule has 0 aromatic heterocycles. The summed E-state index contributed by atoms with van der Waals surface area (Å²) in [6.45, 7) is 0.859. The Morgan fingerprint density at radius 3 is 2.44 bits per heavy atom. The molecule has 0 spiro atoms. The summed E-state index contributed by atoms with van der Waals surface area (Å²) in [6, 6.07) is 9.22. The molecule has 3 rings (SSSR count). The van der Waals surface area contributed by atoms with E-state index >= 15 is 0 Å². The van der Waals surface area contributed by atoms with E-state index in [1.807, 2.05) is 0 Å². The van der Waals surface area contributed by atoms with Gasteiger partial charge in [0.25, 0.3) is 5.91 Å². The number of rotatable bonds is 3. The Hall–Kier alpha value is -1.63. The average Bonchev–Trinajstić information content (AvgIpc) is 2.63. The lowest BCUT2D eigenvalue weighted by Gasteiger charge is -2.31. The van der Waals surface area contributed by atoms with Gasteiger partial charge in [0.15, 0.2) is 0 Å². The van der Waals surface area contributed by atoms with Gasteiger partial charge in [0.1, 0.15) is 5.82 Å². The number of hydrogen-bond donors (Lipinski definition) is 1. The number of benzene rings is 2. The predicted molar refractivity (Wildman–Crippen MR) is 108 cm³/mol. The molecule has 0 aliphatic carbocycles. The third-order valence-electron chi connectivity index (χ3n) is 4.50. The average molecular weight is 474 g/mol. The number of nitrogens with zero attached hydrogens (tertiary/aromatic N) is 1. The van der Waals surface area contributed by atoms with E-state index in [4.69, 9.17) is 23.2 Å². The van der Waals surface area contributed by atoms with Crippen LogP contribution in [0.25, 0.3) is 0 Å². The number of amides is 2. The molecule has 0 saturated carbocycles. The van der Waals surface area contributed by atoms with Crippen LogP contribution < -0.4 is 5.32 Å². The fourth-order valence-corrected chi connectivity index (χ4v) is 3.83. The van der Waals surface area contributed by atoms with E-state index in [1.54, 1.807) is 23.1 Å². The summed E-state index contributed by atoms with van der Waals surface area (Å²) in [5.41, 5.74) is 0.538. The number of halogens is 4. The minimum Gasteiger partial charge on any atom is -0.339 e. The van der Waals surface area contributed by atoms with Crippen molar-refractivity contribution in [3.63, 3.8) is 0 Å². The SMILES string of the molecule is O=C(Nc1ccc(Br)cc1F)C1CCN(C(=O)c2ccc(Cl)cc2Cl)CC1. The van der Waals surface area contributed by atoms with Crippen LogP contribution in [0.5, 0.6) is 0 Å². The summed E-state index contributed by atoms with van der Waals surface area (Å²) < 4.78 is 14.5. The highest BCUT2D eigenvalue weighted by Crippen LogP contribution is 2.26. The standard InChI is InChI=1S/C19H16BrCl2FN2O2/c20-12-1-4-17(16(23)9-12)24-18(26)11-5-7-25(8-6-11)19(27)14-3-2-13(21)10-15(14)22/h1-4,9-11H,5-8H2,(H,24,26). The molecule has 1 aliphatic rings. The van der Waals surface area contributed by atoms with Gasteiger partial charge in [0.05, 0.1) is 16.3 Å². The van der Waals surface area contributed by atoms with E-state index in [0.29, 0.717) is 46.0 Å². The highest BCUT2D eigenvalue weighted by Gasteiger charge is 2.29. The second-order valence-corrected chi connectivity index (χ2v) is 8.06. The van der Waals surface area contributed by atoms with Crippen molar-refractivity contribution < 1.29 is 14.0 Å². The summed E-state index contributed by atoms with van der Waals surface area (Å²) in [5, 5.41) is 3.39. The number of piperidine rings is 1. The molecule has 1 fully saturated rings. The van der Waals surface area contributed by atoms with Crippen molar-refractivity contribution in [2.24, 2.45) is 5.92 Å². The quantitative estimate of drug-likeness (QED) is 0.649. The Balaban J connectivity index is 1.59. The molecular weight excluding hydrogens is 458 g/mol. The van der Waals surface area contributed by atoms with Gasteiger partial charge in [0.2, 0.25) is 5.91 Å². The summed E-state index contributed by atoms with van der Waals surface area (Å²) >= 11 is 15.1. The molecule has 0 unspecified atom stereocenters. The zero-order chi connectivity index (χ0) is 19.6. The smallest absolute Gasteiger partial charge is 0.255 e. The highest BCUT2D eigenvalue weighted by molar-refractivity contribution is 9.10. The maximum Gasteiger partial charge on any atom is 0.255 e. The van der Waals surface area contributed by atoms with Crippen LogP contribution in [-0.4, -0.2) is 29.8 Å². The predicted octanol–water partition coefficient (Wildman–Crippen LogP) is 5.39. The monoisotopic (exact) mass is 472 g/mol. The number of hydrogen-bond acceptors (Lipinski definition) is 2. The summed E-state index contributed by atoms with van der Waals surface area (Å²) in [5.74, 6) is -1.21. The van der Waals surface area contributed by atoms with Gasteiger partial charge in [-0.25, -0.2) is 4.39 Å². The van der Waals surface area contributed by atoms with Crippen molar-refractivity contribution in [1.29, 1.82) is 0 Å². The molecule has 2 amide bonds. The van der Waals surface area contributed by atoms with Gasteiger partial charge in [0, 0.05) is 28.5 Å². The van der Waals surface area contributed by atoms with Crippen LogP contribution >= 0.6 is 39.1 Å². The molecule has 27 heavy (non-hydrogen) atoms. The third-order valence-corrected chi connectivity index (χ3v) is 5.54. The van der Waals surface area contributed by atoms with E-state index in [1.165, 1.54) is 18.2 Å². The molecule has 8 heteroatoms. The molecule has 142 valence electrons. The van der Waals surface area contributed by atoms with Gasteiger partial charge in [-0.2, -0.15) is 0 Å². The summed E-state index contributed by atoms with van der Waals surface area (Å²) in [4.78, 5) is 26.7. The van der Waals surface area contributed by atoms with Gasteiger partial charge in [-0.05, 0) is 49.2 Å². The zero-order valence-electron chi connectivity index (χ0n) is 14.1.